The fourth-order valence-corrected chi connectivity index (χ4v) is 2.39. The number of amides is 2. The zero-order valence-electron chi connectivity index (χ0n) is 16.6. The lowest BCUT2D eigenvalue weighted by Crippen LogP contribution is -2.42. The molecule has 0 fully saturated rings. The van der Waals surface area contributed by atoms with Crippen LogP contribution >= 0.6 is 0 Å². The third kappa shape index (κ3) is 6.50. The number of rotatable bonds is 8. The molecule has 0 saturated heterocycles. The number of hydrazine groups is 1. The molecule has 0 aliphatic rings. The van der Waals surface area contributed by atoms with E-state index < -0.39 is 5.91 Å². The molecule has 150 valence electrons. The van der Waals surface area contributed by atoms with E-state index in [0.29, 0.717) is 22.8 Å². The predicted molar refractivity (Wildman–Crippen MR) is 106 cm³/mol. The molecule has 0 unspecified atom stereocenters. The molecule has 0 atom stereocenters. The molecule has 0 radical (unpaired) electrons. The largest absolute Gasteiger partial charge is 0.493 e. The SMILES string of the molecule is COc1cc(C(=O)NNC(=O)CCOc2cccc(C)c2)ccc1OC(C)C. The first-order valence-electron chi connectivity index (χ1n) is 9.02. The second-order valence-electron chi connectivity index (χ2n) is 6.45. The maximum absolute atomic E-state index is 12.2. The molecule has 7 heteroatoms. The van der Waals surface area contributed by atoms with Crippen molar-refractivity contribution in [2.24, 2.45) is 0 Å². The van der Waals surface area contributed by atoms with Crippen LogP contribution in [-0.4, -0.2) is 31.6 Å². The number of nitrogens with one attached hydrogen (secondary N) is 2. The Morgan fingerprint density at radius 3 is 2.50 bits per heavy atom. The van der Waals surface area contributed by atoms with Crippen molar-refractivity contribution in [3.63, 3.8) is 0 Å². The summed E-state index contributed by atoms with van der Waals surface area (Å²) in [6.45, 7) is 5.97. The Kier molecular flexibility index (Phi) is 7.68. The second kappa shape index (κ2) is 10.2. The fourth-order valence-electron chi connectivity index (χ4n) is 2.39. The number of aryl methyl sites for hydroxylation is 1. The van der Waals surface area contributed by atoms with Gasteiger partial charge in [0.05, 0.1) is 26.2 Å². The highest BCUT2D eigenvalue weighted by atomic mass is 16.5. The van der Waals surface area contributed by atoms with Gasteiger partial charge in [-0.2, -0.15) is 0 Å². The van der Waals surface area contributed by atoms with Crippen molar-refractivity contribution in [1.29, 1.82) is 0 Å². The normalized spacial score (nSPS) is 10.3. The molecule has 0 aliphatic carbocycles. The van der Waals surface area contributed by atoms with E-state index in [2.05, 4.69) is 10.9 Å². The Morgan fingerprint density at radius 1 is 1.04 bits per heavy atom. The van der Waals surface area contributed by atoms with Crippen LogP contribution in [-0.2, 0) is 4.79 Å². The van der Waals surface area contributed by atoms with Crippen molar-refractivity contribution in [3.05, 3.63) is 53.6 Å². The molecule has 0 saturated carbocycles. The molecule has 2 aromatic rings. The predicted octanol–water partition coefficient (Wildman–Crippen LogP) is 3.02. The van der Waals surface area contributed by atoms with Gasteiger partial charge in [0.15, 0.2) is 11.5 Å². The average Bonchev–Trinajstić information content (AvgIpc) is 2.66. The lowest BCUT2D eigenvalue weighted by atomic mass is 10.2. The first-order valence-corrected chi connectivity index (χ1v) is 9.02. The van der Waals surface area contributed by atoms with Gasteiger partial charge in [-0.25, -0.2) is 0 Å². The second-order valence-corrected chi connectivity index (χ2v) is 6.45. The Hall–Kier alpha value is -3.22. The summed E-state index contributed by atoms with van der Waals surface area (Å²) < 4.78 is 16.4. The highest BCUT2D eigenvalue weighted by Gasteiger charge is 2.13. The van der Waals surface area contributed by atoms with Gasteiger partial charge in [0.1, 0.15) is 5.75 Å². The topological polar surface area (TPSA) is 85.9 Å². The van der Waals surface area contributed by atoms with Crippen LogP contribution in [0.5, 0.6) is 17.2 Å². The third-order valence-electron chi connectivity index (χ3n) is 3.69. The Morgan fingerprint density at radius 2 is 1.82 bits per heavy atom. The van der Waals surface area contributed by atoms with E-state index in [0.717, 1.165) is 5.56 Å². The van der Waals surface area contributed by atoms with E-state index in [4.69, 9.17) is 14.2 Å². The summed E-state index contributed by atoms with van der Waals surface area (Å²) in [4.78, 5) is 24.1. The van der Waals surface area contributed by atoms with Crippen LogP contribution in [0.25, 0.3) is 0 Å². The van der Waals surface area contributed by atoms with Gasteiger partial charge in [-0.1, -0.05) is 12.1 Å². The number of methoxy groups -OCH3 is 1. The quantitative estimate of drug-likeness (QED) is 0.681. The van der Waals surface area contributed by atoms with Crippen molar-refractivity contribution in [1.82, 2.24) is 10.9 Å². The summed E-state index contributed by atoms with van der Waals surface area (Å²) in [6, 6.07) is 12.4. The highest BCUT2D eigenvalue weighted by Crippen LogP contribution is 2.28. The van der Waals surface area contributed by atoms with Gasteiger partial charge < -0.3 is 14.2 Å². The average molecular weight is 386 g/mol. The number of carbonyl (C=O) groups excluding carboxylic acids is 2. The number of hydrogen-bond donors (Lipinski definition) is 2. The van der Waals surface area contributed by atoms with Crippen molar-refractivity contribution >= 4 is 11.8 Å². The summed E-state index contributed by atoms with van der Waals surface area (Å²) in [7, 11) is 1.50. The number of benzene rings is 2. The first-order chi connectivity index (χ1) is 13.4. The molecule has 28 heavy (non-hydrogen) atoms. The van der Waals surface area contributed by atoms with Gasteiger partial charge in [0.2, 0.25) is 5.91 Å². The third-order valence-corrected chi connectivity index (χ3v) is 3.69. The van der Waals surface area contributed by atoms with Crippen LogP contribution in [0.4, 0.5) is 0 Å². The summed E-state index contributed by atoms with van der Waals surface area (Å²) >= 11 is 0. The van der Waals surface area contributed by atoms with Gasteiger partial charge in [0.25, 0.3) is 5.91 Å². The lowest BCUT2D eigenvalue weighted by molar-refractivity contribution is -0.122. The number of ether oxygens (including phenoxy) is 3. The van der Waals surface area contributed by atoms with E-state index in [9.17, 15) is 9.59 Å². The Labute approximate surface area is 165 Å². The molecular weight excluding hydrogens is 360 g/mol. The van der Waals surface area contributed by atoms with Gasteiger partial charge in [-0.05, 0) is 56.7 Å². The molecule has 0 bridgehead atoms. The van der Waals surface area contributed by atoms with Crippen LogP contribution in [0.1, 0.15) is 36.2 Å². The minimum atomic E-state index is -0.456. The molecular formula is C21H26N2O5. The van der Waals surface area contributed by atoms with Crippen LogP contribution in [0.3, 0.4) is 0 Å². The number of hydrogen-bond acceptors (Lipinski definition) is 5. The van der Waals surface area contributed by atoms with Crippen LogP contribution < -0.4 is 25.1 Å². The minimum absolute atomic E-state index is 0.0186. The summed E-state index contributed by atoms with van der Waals surface area (Å²) in [5.74, 6) is 0.883. The molecule has 0 aliphatic heterocycles. The molecule has 0 spiro atoms. The number of carbonyl (C=O) groups is 2. The smallest absolute Gasteiger partial charge is 0.269 e. The van der Waals surface area contributed by atoms with Gasteiger partial charge in [-0.3, -0.25) is 20.4 Å². The first kappa shape index (κ1) is 21.1. The minimum Gasteiger partial charge on any atom is -0.493 e. The van der Waals surface area contributed by atoms with E-state index in [1.165, 1.54) is 7.11 Å². The van der Waals surface area contributed by atoms with Crippen LogP contribution in [0.2, 0.25) is 0 Å². The van der Waals surface area contributed by atoms with Crippen molar-refractivity contribution in [2.45, 2.75) is 33.3 Å². The highest BCUT2D eigenvalue weighted by molar-refractivity contribution is 5.96. The summed E-state index contributed by atoms with van der Waals surface area (Å²) in [5.41, 5.74) is 6.17. The standard InChI is InChI=1S/C21H26N2O5/c1-14(2)28-18-9-8-16(13-19(18)26-4)21(25)23-22-20(24)10-11-27-17-7-5-6-15(3)12-17/h5-9,12-14H,10-11H2,1-4H3,(H,22,24)(H,23,25). The lowest BCUT2D eigenvalue weighted by Gasteiger charge is -2.14. The molecule has 0 heterocycles. The maximum Gasteiger partial charge on any atom is 0.269 e. The molecule has 2 amide bonds. The molecule has 2 aromatic carbocycles. The van der Waals surface area contributed by atoms with Crippen LogP contribution in [0.15, 0.2) is 42.5 Å². The van der Waals surface area contributed by atoms with Crippen LogP contribution in [0, 0.1) is 6.92 Å². The van der Waals surface area contributed by atoms with E-state index in [1.807, 2.05) is 45.0 Å². The Balaban J connectivity index is 1.81. The monoisotopic (exact) mass is 386 g/mol. The van der Waals surface area contributed by atoms with Crippen molar-refractivity contribution in [3.8, 4) is 17.2 Å². The van der Waals surface area contributed by atoms with Crippen molar-refractivity contribution < 1.29 is 23.8 Å². The molecule has 2 rings (SSSR count). The zero-order valence-corrected chi connectivity index (χ0v) is 16.6. The molecule has 7 nitrogen and oxygen atoms in total. The fraction of sp³-hybridized carbons (Fsp3) is 0.333. The van der Waals surface area contributed by atoms with E-state index in [-0.39, 0.29) is 25.0 Å². The molecule has 0 aromatic heterocycles. The zero-order chi connectivity index (χ0) is 20.5. The van der Waals surface area contributed by atoms with Gasteiger partial charge >= 0.3 is 0 Å². The van der Waals surface area contributed by atoms with Gasteiger partial charge in [0, 0.05) is 5.56 Å². The molecule has 2 N–H and O–H groups in total. The summed E-state index contributed by atoms with van der Waals surface area (Å²) in [5, 5.41) is 0. The Bertz CT molecular complexity index is 820. The van der Waals surface area contributed by atoms with E-state index in [1.54, 1.807) is 18.2 Å². The van der Waals surface area contributed by atoms with Crippen molar-refractivity contribution in [2.75, 3.05) is 13.7 Å². The van der Waals surface area contributed by atoms with Gasteiger partial charge in [-0.15, -0.1) is 0 Å². The summed E-state index contributed by atoms with van der Waals surface area (Å²) in [6.07, 6.45) is 0.0912. The van der Waals surface area contributed by atoms with E-state index >= 15 is 0 Å². The maximum atomic E-state index is 12.2.